The number of rotatable bonds is 55. The lowest BCUT2D eigenvalue weighted by Gasteiger charge is -2.18. The third kappa shape index (κ3) is 56.0. The molecule has 1 atom stereocenters. The van der Waals surface area contributed by atoms with Gasteiger partial charge in [0.15, 0.2) is 6.10 Å². The van der Waals surface area contributed by atoms with Gasteiger partial charge in [-0.1, -0.05) is 248 Å². The molecular formula is C64H114O6. The standard InChI is InChI=1S/C64H114O6/c1-4-7-10-13-16-19-22-25-28-30-32-34-36-39-42-45-48-51-54-57-63(66)69-60-61(59-68-62(65)56-53-50-47-44-41-38-27-24-21-18-15-12-9-6-3)70-64(67)58-55-52-49-46-43-40-37-35-33-31-29-26-23-20-17-14-11-8-5-2/h15-16,18-19,24-29,61H,4-14,17,20-23,30-60H2,1-3H3/b18-15-,19-16-,27-24-,28-25-,29-26-. The maximum atomic E-state index is 12.9. The number of unbranched alkanes of at least 4 members (excludes halogenated alkanes) is 34. The van der Waals surface area contributed by atoms with E-state index in [2.05, 4.69) is 81.5 Å². The number of esters is 3. The zero-order chi connectivity index (χ0) is 50.7. The van der Waals surface area contributed by atoms with Crippen LogP contribution in [0.5, 0.6) is 0 Å². The highest BCUT2D eigenvalue weighted by Gasteiger charge is 2.19. The lowest BCUT2D eigenvalue weighted by atomic mass is 10.1. The molecule has 0 spiro atoms. The van der Waals surface area contributed by atoms with Crippen LogP contribution in [0.15, 0.2) is 60.8 Å². The first-order valence-corrected chi connectivity index (χ1v) is 30.3. The van der Waals surface area contributed by atoms with Gasteiger partial charge in [-0.2, -0.15) is 0 Å². The van der Waals surface area contributed by atoms with Gasteiger partial charge in [-0.15, -0.1) is 0 Å². The van der Waals surface area contributed by atoms with E-state index >= 15 is 0 Å². The van der Waals surface area contributed by atoms with Crippen molar-refractivity contribution in [3.8, 4) is 0 Å². The summed E-state index contributed by atoms with van der Waals surface area (Å²) in [6.07, 6.45) is 73.5. The van der Waals surface area contributed by atoms with Gasteiger partial charge < -0.3 is 14.2 Å². The third-order valence-corrected chi connectivity index (χ3v) is 13.2. The van der Waals surface area contributed by atoms with Gasteiger partial charge in [0.2, 0.25) is 0 Å². The first kappa shape index (κ1) is 67.1. The quantitative estimate of drug-likeness (QED) is 0.0261. The van der Waals surface area contributed by atoms with Crippen LogP contribution in [0.3, 0.4) is 0 Å². The number of carbonyl (C=O) groups is 3. The van der Waals surface area contributed by atoms with E-state index in [1.54, 1.807) is 0 Å². The summed E-state index contributed by atoms with van der Waals surface area (Å²) in [5, 5.41) is 0. The molecule has 406 valence electrons. The van der Waals surface area contributed by atoms with E-state index in [9.17, 15) is 14.4 Å². The predicted octanol–water partition coefficient (Wildman–Crippen LogP) is 20.4. The van der Waals surface area contributed by atoms with Gasteiger partial charge in [0, 0.05) is 19.3 Å². The fourth-order valence-electron chi connectivity index (χ4n) is 8.60. The summed E-state index contributed by atoms with van der Waals surface area (Å²) in [4.78, 5) is 38.2. The van der Waals surface area contributed by atoms with E-state index < -0.39 is 6.10 Å². The first-order valence-electron chi connectivity index (χ1n) is 30.3. The lowest BCUT2D eigenvalue weighted by molar-refractivity contribution is -0.167. The monoisotopic (exact) mass is 979 g/mol. The lowest BCUT2D eigenvalue weighted by Crippen LogP contribution is -2.30. The molecule has 0 aromatic rings. The summed E-state index contributed by atoms with van der Waals surface area (Å²) in [5.41, 5.74) is 0. The molecule has 1 unspecified atom stereocenters. The van der Waals surface area contributed by atoms with E-state index in [1.807, 2.05) is 0 Å². The molecule has 0 aliphatic rings. The molecule has 0 aromatic carbocycles. The summed E-state index contributed by atoms with van der Waals surface area (Å²) < 4.78 is 16.9. The molecule has 0 aromatic heterocycles. The van der Waals surface area contributed by atoms with Crippen LogP contribution in [0.2, 0.25) is 0 Å². The zero-order valence-electron chi connectivity index (χ0n) is 46.5. The molecular weight excluding hydrogens is 865 g/mol. The van der Waals surface area contributed by atoms with Crippen LogP contribution in [-0.4, -0.2) is 37.2 Å². The molecule has 0 radical (unpaired) electrons. The Balaban J connectivity index is 4.37. The van der Waals surface area contributed by atoms with Crippen molar-refractivity contribution >= 4 is 17.9 Å². The first-order chi connectivity index (χ1) is 34.5. The minimum absolute atomic E-state index is 0.0805. The van der Waals surface area contributed by atoms with E-state index in [0.29, 0.717) is 19.3 Å². The van der Waals surface area contributed by atoms with Crippen LogP contribution < -0.4 is 0 Å². The van der Waals surface area contributed by atoms with E-state index in [0.717, 1.165) is 83.5 Å². The van der Waals surface area contributed by atoms with Crippen LogP contribution in [0.25, 0.3) is 0 Å². The molecule has 0 aliphatic heterocycles. The smallest absolute Gasteiger partial charge is 0.306 e. The van der Waals surface area contributed by atoms with Gasteiger partial charge in [-0.05, 0) is 103 Å². The highest BCUT2D eigenvalue weighted by atomic mass is 16.6. The third-order valence-electron chi connectivity index (χ3n) is 13.2. The Kier molecular flexibility index (Phi) is 56.3. The maximum absolute atomic E-state index is 12.9. The number of ether oxygens (including phenoxy) is 3. The average Bonchev–Trinajstić information content (AvgIpc) is 3.36. The minimum atomic E-state index is -0.783. The normalized spacial score (nSPS) is 12.4. The van der Waals surface area contributed by atoms with Crippen molar-refractivity contribution in [2.45, 2.75) is 316 Å². The fourth-order valence-corrected chi connectivity index (χ4v) is 8.60. The molecule has 0 saturated carbocycles. The van der Waals surface area contributed by atoms with Crippen LogP contribution in [0, 0.1) is 0 Å². The van der Waals surface area contributed by atoms with Crippen molar-refractivity contribution in [3.05, 3.63) is 60.8 Å². The molecule has 0 N–H and O–H groups in total. The van der Waals surface area contributed by atoms with Crippen molar-refractivity contribution in [2.75, 3.05) is 13.2 Å². The maximum Gasteiger partial charge on any atom is 0.306 e. The molecule has 0 bridgehead atoms. The molecule has 0 rings (SSSR count). The number of carbonyl (C=O) groups excluding carboxylic acids is 3. The summed E-state index contributed by atoms with van der Waals surface area (Å²) >= 11 is 0. The van der Waals surface area contributed by atoms with Crippen molar-refractivity contribution in [3.63, 3.8) is 0 Å². The van der Waals surface area contributed by atoms with Gasteiger partial charge in [-0.25, -0.2) is 0 Å². The molecule has 0 amide bonds. The van der Waals surface area contributed by atoms with Gasteiger partial charge in [0.05, 0.1) is 0 Å². The summed E-state index contributed by atoms with van der Waals surface area (Å²) in [6.45, 7) is 6.59. The highest BCUT2D eigenvalue weighted by Crippen LogP contribution is 2.16. The number of hydrogen-bond donors (Lipinski definition) is 0. The Morgan fingerprint density at radius 1 is 0.286 bits per heavy atom. The van der Waals surface area contributed by atoms with Gasteiger partial charge in [-0.3, -0.25) is 14.4 Å². The zero-order valence-corrected chi connectivity index (χ0v) is 46.5. The summed E-state index contributed by atoms with van der Waals surface area (Å²) in [5.74, 6) is -0.887. The summed E-state index contributed by atoms with van der Waals surface area (Å²) in [6, 6.07) is 0. The van der Waals surface area contributed by atoms with Crippen LogP contribution in [0.4, 0.5) is 0 Å². The minimum Gasteiger partial charge on any atom is -0.462 e. The molecule has 0 heterocycles. The molecule has 0 fully saturated rings. The molecule has 0 aliphatic carbocycles. The van der Waals surface area contributed by atoms with Crippen LogP contribution in [-0.2, 0) is 28.6 Å². The fraction of sp³-hybridized carbons (Fsp3) is 0.797. The van der Waals surface area contributed by atoms with Gasteiger partial charge in [0.25, 0.3) is 0 Å². The van der Waals surface area contributed by atoms with E-state index in [4.69, 9.17) is 14.2 Å². The molecule has 70 heavy (non-hydrogen) atoms. The number of hydrogen-bond acceptors (Lipinski definition) is 6. The topological polar surface area (TPSA) is 78.9 Å². The molecule has 6 nitrogen and oxygen atoms in total. The Bertz CT molecular complexity index is 1260. The Hall–Kier alpha value is -2.89. The Morgan fingerprint density at radius 2 is 0.529 bits per heavy atom. The second-order valence-electron chi connectivity index (χ2n) is 20.2. The van der Waals surface area contributed by atoms with Crippen molar-refractivity contribution < 1.29 is 28.6 Å². The van der Waals surface area contributed by atoms with Gasteiger partial charge >= 0.3 is 17.9 Å². The Labute approximate surface area is 434 Å². The second kappa shape index (κ2) is 58.7. The average molecular weight is 980 g/mol. The molecule has 0 saturated heterocycles. The van der Waals surface area contributed by atoms with Crippen LogP contribution in [0.1, 0.15) is 310 Å². The van der Waals surface area contributed by atoms with E-state index in [1.165, 1.54) is 186 Å². The SMILES string of the molecule is CCCC/C=C\C/C=C\CCCCCCCC(=O)OCC(COC(=O)CCCCCCCCCCC/C=C\C/C=C\CCCCC)OC(=O)CCCCCCCCCCC/C=C\CCCCCCCC. The van der Waals surface area contributed by atoms with Gasteiger partial charge in [0.1, 0.15) is 13.2 Å². The van der Waals surface area contributed by atoms with Crippen molar-refractivity contribution in [1.82, 2.24) is 0 Å². The predicted molar refractivity (Wildman–Crippen MR) is 302 cm³/mol. The number of allylic oxidation sites excluding steroid dienone is 10. The van der Waals surface area contributed by atoms with E-state index in [-0.39, 0.29) is 31.1 Å². The van der Waals surface area contributed by atoms with Crippen LogP contribution >= 0.6 is 0 Å². The Morgan fingerprint density at radius 3 is 0.871 bits per heavy atom. The summed E-state index contributed by atoms with van der Waals surface area (Å²) in [7, 11) is 0. The second-order valence-corrected chi connectivity index (χ2v) is 20.2. The largest absolute Gasteiger partial charge is 0.462 e. The highest BCUT2D eigenvalue weighted by molar-refractivity contribution is 5.71. The van der Waals surface area contributed by atoms with Crippen molar-refractivity contribution in [1.29, 1.82) is 0 Å². The molecule has 6 heteroatoms. The van der Waals surface area contributed by atoms with Crippen molar-refractivity contribution in [2.24, 2.45) is 0 Å².